The third-order valence-corrected chi connectivity index (χ3v) is 7.86. The fraction of sp³-hybridized carbons (Fsp3) is 0.600. The highest BCUT2D eigenvalue weighted by atomic mass is 35.5. The second-order valence-electron chi connectivity index (χ2n) is 10.4. The van der Waals surface area contributed by atoms with Crippen molar-refractivity contribution in [3.05, 3.63) is 51.7 Å². The predicted molar refractivity (Wildman–Crippen MR) is 117 cm³/mol. The fourth-order valence-corrected chi connectivity index (χ4v) is 6.16. The maximum absolute atomic E-state index is 6.49. The predicted octanol–water partition coefficient (Wildman–Crippen LogP) is 7.83. The molecule has 0 spiro atoms. The molecule has 2 aliphatic carbocycles. The van der Waals surface area contributed by atoms with E-state index in [9.17, 15) is 0 Å². The minimum absolute atomic E-state index is 0.136. The van der Waals surface area contributed by atoms with Crippen LogP contribution in [0.3, 0.4) is 0 Å². The molecule has 2 atom stereocenters. The summed E-state index contributed by atoms with van der Waals surface area (Å²) in [7, 11) is 0. The molecule has 1 heterocycles. The Morgan fingerprint density at radius 2 is 1.70 bits per heavy atom. The first kappa shape index (κ1) is 19.1. The van der Waals surface area contributed by atoms with Crippen molar-refractivity contribution in [2.75, 3.05) is 4.90 Å². The van der Waals surface area contributed by atoms with Gasteiger partial charge >= 0.3 is 0 Å². The molecule has 1 nitrogen and oxygen atoms in total. The molecule has 0 saturated heterocycles. The third-order valence-electron chi connectivity index (χ3n) is 7.65. The zero-order valence-electron chi connectivity index (χ0n) is 17.9. The maximum Gasteiger partial charge on any atom is 0.0514 e. The van der Waals surface area contributed by atoms with Gasteiger partial charge < -0.3 is 4.90 Å². The third kappa shape index (κ3) is 2.80. The quantitative estimate of drug-likeness (QED) is 0.477. The van der Waals surface area contributed by atoms with Gasteiger partial charge in [0.2, 0.25) is 0 Å². The average Bonchev–Trinajstić information content (AvgIpc) is 2.77. The van der Waals surface area contributed by atoms with E-state index in [-0.39, 0.29) is 16.4 Å². The Kier molecular flexibility index (Phi) is 4.35. The van der Waals surface area contributed by atoms with Gasteiger partial charge in [-0.15, -0.1) is 0 Å². The number of allylic oxidation sites excluding steroid dienone is 3. The van der Waals surface area contributed by atoms with E-state index >= 15 is 0 Å². The Morgan fingerprint density at radius 1 is 1.00 bits per heavy atom. The van der Waals surface area contributed by atoms with Crippen molar-refractivity contribution < 1.29 is 0 Å². The Bertz CT molecular complexity index is 820. The zero-order chi connectivity index (χ0) is 19.6. The maximum atomic E-state index is 6.49. The number of nitrogens with zero attached hydrogens (tertiary/aromatic N) is 1. The summed E-state index contributed by atoms with van der Waals surface area (Å²) in [4.78, 5) is 2.69. The topological polar surface area (TPSA) is 3.24 Å². The van der Waals surface area contributed by atoms with Crippen LogP contribution in [-0.4, -0.2) is 5.54 Å². The van der Waals surface area contributed by atoms with Gasteiger partial charge in [-0.05, 0) is 74.3 Å². The first-order valence-corrected chi connectivity index (χ1v) is 11.0. The highest BCUT2D eigenvalue weighted by Gasteiger charge is 2.58. The van der Waals surface area contributed by atoms with Crippen molar-refractivity contribution in [2.24, 2.45) is 10.8 Å². The van der Waals surface area contributed by atoms with Crippen LogP contribution in [0.1, 0.15) is 78.7 Å². The van der Waals surface area contributed by atoms with Crippen LogP contribution in [0.15, 0.2) is 41.1 Å². The summed E-state index contributed by atoms with van der Waals surface area (Å²) in [6.07, 6.45) is 10.1. The fourth-order valence-electron chi connectivity index (χ4n) is 5.88. The van der Waals surface area contributed by atoms with E-state index in [1.54, 1.807) is 16.8 Å². The highest BCUT2D eigenvalue weighted by Crippen LogP contribution is 2.62. The summed E-state index contributed by atoms with van der Waals surface area (Å²) in [5.41, 5.74) is 7.90. The number of fused-ring (bicyclic) bond motifs is 2. The standard InChI is InChI=1S/C25H34ClN/c1-17-13-19(26)16-20(14-17)27-22-10-9-18(23(2,3)4)15-21(22)24(5)11-7-8-12-25(24,27)6/h13-16H,7-12H2,1-6H3. The van der Waals surface area contributed by atoms with Gasteiger partial charge in [-0.3, -0.25) is 0 Å². The summed E-state index contributed by atoms with van der Waals surface area (Å²) in [5.74, 6) is 0. The lowest BCUT2D eigenvalue weighted by Gasteiger charge is -2.51. The molecule has 1 aliphatic heterocycles. The largest absolute Gasteiger partial charge is 0.338 e. The van der Waals surface area contributed by atoms with Crippen LogP contribution in [0, 0.1) is 17.8 Å². The number of anilines is 1. The molecule has 1 fully saturated rings. The van der Waals surface area contributed by atoms with Crippen LogP contribution in [-0.2, 0) is 0 Å². The summed E-state index contributed by atoms with van der Waals surface area (Å²) in [6.45, 7) is 14.3. The van der Waals surface area contributed by atoms with Gasteiger partial charge in [0.25, 0.3) is 0 Å². The van der Waals surface area contributed by atoms with E-state index in [2.05, 4.69) is 70.7 Å². The molecule has 1 saturated carbocycles. The first-order chi connectivity index (χ1) is 12.6. The van der Waals surface area contributed by atoms with Crippen molar-refractivity contribution in [1.82, 2.24) is 0 Å². The minimum Gasteiger partial charge on any atom is -0.338 e. The van der Waals surface area contributed by atoms with Crippen molar-refractivity contribution in [3.8, 4) is 0 Å². The molecular formula is C25H34ClN. The lowest BCUT2D eigenvalue weighted by Crippen LogP contribution is -2.54. The van der Waals surface area contributed by atoms with Crippen LogP contribution in [0.4, 0.5) is 5.69 Å². The van der Waals surface area contributed by atoms with Gasteiger partial charge in [-0.2, -0.15) is 0 Å². The highest BCUT2D eigenvalue weighted by molar-refractivity contribution is 6.31. The van der Waals surface area contributed by atoms with Gasteiger partial charge in [0, 0.05) is 21.8 Å². The van der Waals surface area contributed by atoms with Crippen molar-refractivity contribution in [3.63, 3.8) is 0 Å². The van der Waals surface area contributed by atoms with Crippen LogP contribution in [0.2, 0.25) is 5.02 Å². The second-order valence-corrected chi connectivity index (χ2v) is 10.9. The summed E-state index contributed by atoms with van der Waals surface area (Å²) < 4.78 is 0. The van der Waals surface area contributed by atoms with Crippen LogP contribution < -0.4 is 4.90 Å². The van der Waals surface area contributed by atoms with E-state index in [1.807, 2.05) is 0 Å². The van der Waals surface area contributed by atoms with E-state index in [0.29, 0.717) is 0 Å². The summed E-state index contributed by atoms with van der Waals surface area (Å²) in [5, 5.41) is 0.849. The Labute approximate surface area is 170 Å². The normalized spacial score (nSPS) is 30.9. The molecule has 0 aromatic heterocycles. The second kappa shape index (κ2) is 6.14. The number of aryl methyl sites for hydroxylation is 1. The van der Waals surface area contributed by atoms with Crippen LogP contribution >= 0.6 is 11.6 Å². The van der Waals surface area contributed by atoms with E-state index in [1.165, 1.54) is 43.4 Å². The van der Waals surface area contributed by atoms with Crippen molar-refractivity contribution >= 4 is 17.3 Å². The molecule has 2 unspecified atom stereocenters. The number of rotatable bonds is 1. The molecule has 3 aliphatic rings. The molecule has 146 valence electrons. The molecular weight excluding hydrogens is 350 g/mol. The average molecular weight is 384 g/mol. The van der Waals surface area contributed by atoms with Gasteiger partial charge in [-0.25, -0.2) is 0 Å². The zero-order valence-corrected chi connectivity index (χ0v) is 18.6. The summed E-state index contributed by atoms with van der Waals surface area (Å²) in [6, 6.07) is 6.57. The lowest BCUT2D eigenvalue weighted by atomic mass is 9.60. The van der Waals surface area contributed by atoms with Crippen LogP contribution in [0.25, 0.3) is 0 Å². The molecule has 0 bridgehead atoms. The molecule has 27 heavy (non-hydrogen) atoms. The Balaban J connectivity index is 1.93. The van der Waals surface area contributed by atoms with Gasteiger partial charge in [-0.1, -0.05) is 63.8 Å². The van der Waals surface area contributed by atoms with E-state index in [0.717, 1.165) is 11.4 Å². The van der Waals surface area contributed by atoms with Crippen LogP contribution in [0.5, 0.6) is 0 Å². The molecule has 0 radical (unpaired) electrons. The van der Waals surface area contributed by atoms with E-state index < -0.39 is 0 Å². The monoisotopic (exact) mass is 383 g/mol. The lowest BCUT2D eigenvalue weighted by molar-refractivity contribution is 0.153. The molecule has 0 N–H and O–H groups in total. The molecule has 1 aromatic rings. The van der Waals surface area contributed by atoms with Gasteiger partial charge in [0.1, 0.15) is 0 Å². The minimum atomic E-state index is 0.136. The smallest absolute Gasteiger partial charge is 0.0514 e. The van der Waals surface area contributed by atoms with E-state index in [4.69, 9.17) is 11.6 Å². The van der Waals surface area contributed by atoms with Crippen molar-refractivity contribution in [2.45, 2.75) is 85.6 Å². The van der Waals surface area contributed by atoms with Gasteiger partial charge in [0.15, 0.2) is 0 Å². The van der Waals surface area contributed by atoms with Gasteiger partial charge in [0.05, 0.1) is 5.54 Å². The number of hydrogen-bond donors (Lipinski definition) is 0. The molecule has 1 aromatic carbocycles. The number of benzene rings is 1. The molecule has 0 amide bonds. The first-order valence-electron chi connectivity index (χ1n) is 10.6. The summed E-state index contributed by atoms with van der Waals surface area (Å²) >= 11 is 6.49. The molecule has 4 rings (SSSR count). The number of halogens is 1. The number of hydrogen-bond acceptors (Lipinski definition) is 1. The van der Waals surface area contributed by atoms with Crippen molar-refractivity contribution in [1.29, 1.82) is 0 Å². The molecule has 2 heteroatoms. The Morgan fingerprint density at radius 3 is 2.37 bits per heavy atom. The SMILES string of the molecule is Cc1cc(Cl)cc(N2C3=C(C=C(C(C)(C)C)CC3)C3(C)CCCCC23C)c1. The Hall–Kier alpha value is -1.21.